The lowest BCUT2D eigenvalue weighted by atomic mass is 9.33. The molecule has 4 nitrogen and oxygen atoms in total. The van der Waals surface area contributed by atoms with E-state index in [4.69, 9.17) is 4.42 Å². The first kappa shape index (κ1) is 35.0. The maximum Gasteiger partial charge on any atom is 0.252 e. The van der Waals surface area contributed by atoms with Crippen molar-refractivity contribution in [2.45, 2.75) is 19.3 Å². The maximum absolute atomic E-state index is 6.32. The second-order valence-corrected chi connectivity index (χ2v) is 17.3. The third-order valence-corrected chi connectivity index (χ3v) is 13.6. The molecule has 0 radical (unpaired) electrons. The van der Waals surface area contributed by atoms with Crippen molar-refractivity contribution in [2.75, 3.05) is 14.7 Å². The SMILES string of the molecule is CC1(C)c2ccccc2-c2ccc(N3c4cc(N(c5ccccc5)c5ccccc5)ccc4B4c5ccccc5N(c5ccc6oc7ccccc7c6c5)c5cccc3c54)cc21. The van der Waals surface area contributed by atoms with E-state index in [-0.39, 0.29) is 12.1 Å². The fourth-order valence-electron chi connectivity index (χ4n) is 10.9. The number of fused-ring (bicyclic) bond motifs is 10. The summed E-state index contributed by atoms with van der Waals surface area (Å²) in [6.07, 6.45) is 0. The van der Waals surface area contributed by atoms with Crippen molar-refractivity contribution in [3.05, 3.63) is 217 Å². The molecule has 0 unspecified atom stereocenters. The minimum Gasteiger partial charge on any atom is -0.456 e. The minimum atomic E-state index is -0.149. The second kappa shape index (κ2) is 13.1. The lowest BCUT2D eigenvalue weighted by Gasteiger charge is -2.44. The number of furan rings is 1. The van der Waals surface area contributed by atoms with Crippen molar-refractivity contribution in [1.82, 2.24) is 0 Å². The van der Waals surface area contributed by atoms with Crippen molar-refractivity contribution >= 4 is 96.2 Å². The summed E-state index contributed by atoms with van der Waals surface area (Å²) in [4.78, 5) is 7.39. The fourth-order valence-corrected chi connectivity index (χ4v) is 10.9. The summed E-state index contributed by atoms with van der Waals surface area (Å²) in [5.74, 6) is 0. The van der Waals surface area contributed by atoms with Gasteiger partial charge in [0.1, 0.15) is 11.2 Å². The van der Waals surface area contributed by atoms with E-state index in [0.717, 1.165) is 50.4 Å². The van der Waals surface area contributed by atoms with Gasteiger partial charge in [0.15, 0.2) is 0 Å². The Bertz CT molecular complexity index is 3390. The fraction of sp³-hybridized carbons (Fsp3) is 0.0526. The van der Waals surface area contributed by atoms with Crippen LogP contribution in [-0.2, 0) is 5.41 Å². The molecule has 0 atom stereocenters. The van der Waals surface area contributed by atoms with Gasteiger partial charge in [-0.3, -0.25) is 0 Å². The van der Waals surface area contributed by atoms with Crippen LogP contribution < -0.4 is 31.1 Å². The van der Waals surface area contributed by atoms with Crippen LogP contribution in [0.25, 0.3) is 33.1 Å². The molecule has 13 rings (SSSR count). The molecule has 5 heteroatoms. The third-order valence-electron chi connectivity index (χ3n) is 13.6. The van der Waals surface area contributed by atoms with Crippen molar-refractivity contribution in [2.24, 2.45) is 0 Å². The van der Waals surface area contributed by atoms with Crippen molar-refractivity contribution < 1.29 is 4.42 Å². The molecule has 1 aromatic heterocycles. The zero-order valence-electron chi connectivity index (χ0n) is 34.5. The van der Waals surface area contributed by atoms with Gasteiger partial charge in [0.05, 0.1) is 0 Å². The summed E-state index contributed by atoms with van der Waals surface area (Å²) in [6.45, 7) is 4.75. The molecular formula is C57H40BN3O. The highest BCUT2D eigenvalue weighted by molar-refractivity contribution is 7.00. The number of benzene rings is 9. The van der Waals surface area contributed by atoms with Gasteiger partial charge in [-0.05, 0) is 130 Å². The van der Waals surface area contributed by atoms with Gasteiger partial charge >= 0.3 is 0 Å². The smallest absolute Gasteiger partial charge is 0.252 e. The van der Waals surface area contributed by atoms with E-state index in [9.17, 15) is 0 Å². The summed E-state index contributed by atoms with van der Waals surface area (Å²) in [6, 6.07) is 75.5. The Hall–Kier alpha value is -7.76. The molecule has 9 aromatic carbocycles. The molecule has 0 N–H and O–H groups in total. The van der Waals surface area contributed by atoms with Crippen LogP contribution in [0.5, 0.6) is 0 Å². The molecule has 0 spiro atoms. The summed E-state index contributed by atoms with van der Waals surface area (Å²) < 4.78 is 6.32. The Morgan fingerprint density at radius 2 is 1.02 bits per heavy atom. The number of anilines is 9. The minimum absolute atomic E-state index is 0.00413. The first-order chi connectivity index (χ1) is 30.5. The topological polar surface area (TPSA) is 22.9 Å². The molecule has 1 aliphatic carbocycles. The highest BCUT2D eigenvalue weighted by Crippen LogP contribution is 2.52. The normalized spacial score (nSPS) is 14.0. The highest BCUT2D eigenvalue weighted by atomic mass is 16.3. The third kappa shape index (κ3) is 4.96. The Kier molecular flexibility index (Phi) is 7.42. The van der Waals surface area contributed by atoms with E-state index < -0.39 is 0 Å². The van der Waals surface area contributed by atoms with Crippen LogP contribution in [0.15, 0.2) is 211 Å². The van der Waals surface area contributed by atoms with Gasteiger partial charge in [-0.1, -0.05) is 129 Å². The van der Waals surface area contributed by atoms with Gasteiger partial charge in [0, 0.05) is 67.4 Å². The van der Waals surface area contributed by atoms with Gasteiger partial charge in [0.2, 0.25) is 0 Å². The molecule has 3 heterocycles. The van der Waals surface area contributed by atoms with E-state index in [1.54, 1.807) is 0 Å². The highest BCUT2D eigenvalue weighted by Gasteiger charge is 2.44. The van der Waals surface area contributed by atoms with E-state index in [2.05, 4.69) is 229 Å². The Labute approximate surface area is 361 Å². The summed E-state index contributed by atoms with van der Waals surface area (Å²) in [5.41, 5.74) is 21.2. The summed E-state index contributed by atoms with van der Waals surface area (Å²) in [5, 5.41) is 2.24. The number of hydrogen-bond donors (Lipinski definition) is 0. The van der Waals surface area contributed by atoms with Crippen LogP contribution in [0.4, 0.5) is 51.2 Å². The van der Waals surface area contributed by atoms with Gasteiger partial charge in [0.25, 0.3) is 6.71 Å². The number of para-hydroxylation sites is 4. The monoisotopic (exact) mass is 793 g/mol. The van der Waals surface area contributed by atoms with Crippen LogP contribution in [0.1, 0.15) is 25.0 Å². The molecule has 292 valence electrons. The standard InChI is InChI=1S/C57H40BN3O/c1-57(2)46-22-11-9-20-42(46)43-31-28-40(35-47(43)57)61-52-26-15-25-51-56(52)58(49-32-29-41(36-53(49)61)59(37-16-5-3-6-17-37)38-18-7-4-8-19-38)48-23-12-13-24-50(48)60(51)39-30-33-55-45(34-39)44-21-10-14-27-54(44)62-55/h3-36H,1-2H3. The second-order valence-electron chi connectivity index (χ2n) is 17.3. The Morgan fingerprint density at radius 1 is 0.419 bits per heavy atom. The van der Waals surface area contributed by atoms with Gasteiger partial charge < -0.3 is 19.1 Å². The van der Waals surface area contributed by atoms with E-state index >= 15 is 0 Å². The van der Waals surface area contributed by atoms with Crippen molar-refractivity contribution in [3.63, 3.8) is 0 Å². The molecule has 62 heavy (non-hydrogen) atoms. The summed E-state index contributed by atoms with van der Waals surface area (Å²) >= 11 is 0. The van der Waals surface area contributed by atoms with Crippen LogP contribution >= 0.6 is 0 Å². The van der Waals surface area contributed by atoms with Crippen molar-refractivity contribution in [3.8, 4) is 11.1 Å². The van der Waals surface area contributed by atoms with Crippen LogP contribution in [0, 0.1) is 0 Å². The van der Waals surface area contributed by atoms with E-state index in [1.807, 2.05) is 6.07 Å². The molecule has 2 aliphatic heterocycles. The van der Waals surface area contributed by atoms with Crippen LogP contribution in [0.2, 0.25) is 0 Å². The summed E-state index contributed by atoms with van der Waals surface area (Å²) in [7, 11) is 0. The molecular weight excluding hydrogens is 753 g/mol. The van der Waals surface area contributed by atoms with Gasteiger partial charge in [-0.25, -0.2) is 0 Å². The number of nitrogens with zero attached hydrogens (tertiary/aromatic N) is 3. The Balaban J connectivity index is 1.07. The van der Waals surface area contributed by atoms with Crippen molar-refractivity contribution in [1.29, 1.82) is 0 Å². The zero-order valence-corrected chi connectivity index (χ0v) is 34.5. The van der Waals surface area contributed by atoms with Crippen LogP contribution in [-0.4, -0.2) is 6.71 Å². The average Bonchev–Trinajstić information content (AvgIpc) is 3.80. The van der Waals surface area contributed by atoms with Gasteiger partial charge in [-0.2, -0.15) is 0 Å². The Morgan fingerprint density at radius 3 is 1.82 bits per heavy atom. The first-order valence-electron chi connectivity index (χ1n) is 21.5. The lowest BCUT2D eigenvalue weighted by molar-refractivity contribution is 0.660. The molecule has 0 saturated heterocycles. The number of hydrogen-bond acceptors (Lipinski definition) is 4. The quantitative estimate of drug-likeness (QED) is 0.162. The van der Waals surface area contributed by atoms with Crippen LogP contribution in [0.3, 0.4) is 0 Å². The van der Waals surface area contributed by atoms with E-state index in [1.165, 1.54) is 61.4 Å². The predicted molar refractivity (Wildman–Crippen MR) is 260 cm³/mol. The van der Waals surface area contributed by atoms with Gasteiger partial charge in [-0.15, -0.1) is 0 Å². The average molecular weight is 794 g/mol. The first-order valence-corrected chi connectivity index (χ1v) is 21.5. The predicted octanol–water partition coefficient (Wildman–Crippen LogP) is 13.4. The molecule has 0 saturated carbocycles. The van der Waals surface area contributed by atoms with E-state index in [0.29, 0.717) is 0 Å². The molecule has 0 amide bonds. The number of rotatable bonds is 5. The lowest BCUT2D eigenvalue weighted by Crippen LogP contribution is -2.61. The molecule has 3 aliphatic rings. The molecule has 0 bridgehead atoms. The largest absolute Gasteiger partial charge is 0.456 e. The molecule has 0 fully saturated rings. The zero-order chi connectivity index (χ0) is 41.1. The maximum atomic E-state index is 6.32. The molecule has 10 aromatic rings.